The van der Waals surface area contributed by atoms with Gasteiger partial charge in [-0.15, -0.1) is 23.2 Å². The normalized spacial score (nSPS) is 14.5. The van der Waals surface area contributed by atoms with Crippen molar-refractivity contribution >= 4 is 88.1 Å². The minimum Gasteiger partial charge on any atom is -0.496 e. The molecule has 0 aliphatic carbocycles. The highest BCUT2D eigenvalue weighted by Crippen LogP contribution is 2.27. The number of hydrogen-bond donors (Lipinski definition) is 5. The maximum Gasteiger partial charge on any atom is 0.234 e. The number of rotatable bonds is 13. The number of nitrogen functional groups attached to an aromatic ring is 2. The van der Waals surface area contributed by atoms with Crippen LogP contribution in [0.15, 0.2) is 48.8 Å². The van der Waals surface area contributed by atoms with Gasteiger partial charge in [0, 0.05) is 48.2 Å². The zero-order valence-corrected chi connectivity index (χ0v) is 41.1. The number of aromatic nitrogens is 4. The first-order chi connectivity index (χ1) is 31.1. The van der Waals surface area contributed by atoms with Gasteiger partial charge in [-0.3, -0.25) is 9.59 Å². The predicted octanol–water partition coefficient (Wildman–Crippen LogP) is 6.67. The van der Waals surface area contributed by atoms with E-state index in [1.165, 1.54) is 69.0 Å². The lowest BCUT2D eigenvalue weighted by molar-refractivity contribution is 0.102. The van der Waals surface area contributed by atoms with E-state index in [0.29, 0.717) is 31.9 Å². The lowest BCUT2D eigenvalue weighted by atomic mass is 10.0. The summed E-state index contributed by atoms with van der Waals surface area (Å²) in [5.41, 5.74) is 12.2. The number of hydrogen-bond acceptors (Lipinski definition) is 17. The number of alkyl halides is 2. The molecule has 4 aromatic rings. The molecule has 0 radical (unpaired) electrons. The third kappa shape index (κ3) is 17.4. The van der Waals surface area contributed by atoms with E-state index in [0.717, 1.165) is 38.1 Å². The molecule has 67 heavy (non-hydrogen) atoms. The Morgan fingerprint density at radius 2 is 1.12 bits per heavy atom. The molecule has 2 aromatic carbocycles. The van der Waals surface area contributed by atoms with Crippen LogP contribution in [0.5, 0.6) is 11.5 Å². The van der Waals surface area contributed by atoms with Gasteiger partial charge in [0.15, 0.2) is 0 Å². The quantitative estimate of drug-likeness (QED) is 0.0531. The fourth-order valence-electron chi connectivity index (χ4n) is 6.17. The first-order valence-corrected chi connectivity index (χ1v) is 25.3. The molecular formula is C42H59Cl3F2N10O8S2. The van der Waals surface area contributed by atoms with E-state index in [9.17, 15) is 35.2 Å². The Morgan fingerprint density at radius 3 is 1.45 bits per heavy atom. The molecule has 2 aliphatic rings. The van der Waals surface area contributed by atoms with Crippen LogP contribution in [0.4, 0.5) is 32.3 Å². The molecule has 6 rings (SSSR count). The van der Waals surface area contributed by atoms with Gasteiger partial charge in [-0.05, 0) is 103 Å². The molecule has 7 N–H and O–H groups in total. The van der Waals surface area contributed by atoms with Gasteiger partial charge in [0.2, 0.25) is 42.5 Å². The summed E-state index contributed by atoms with van der Waals surface area (Å²) >= 11 is 9.53. The number of carbonyl (C=O) groups is 2. The van der Waals surface area contributed by atoms with Crippen molar-refractivity contribution in [3.8, 4) is 11.5 Å². The number of sulfonamides is 1. The number of ketones is 2. The van der Waals surface area contributed by atoms with Gasteiger partial charge >= 0.3 is 0 Å². The number of anilines is 4. The van der Waals surface area contributed by atoms with E-state index in [-0.39, 0.29) is 76.2 Å². The average Bonchev–Trinajstić information content (AvgIpc) is 3.27. The summed E-state index contributed by atoms with van der Waals surface area (Å²) in [6.07, 6.45) is 5.76. The number of nitrogens with zero attached hydrogens (tertiary/aromatic N) is 5. The molecule has 2 aliphatic heterocycles. The minimum atomic E-state index is -3.27. The Balaban J connectivity index is 0.000000383. The van der Waals surface area contributed by atoms with Gasteiger partial charge in [-0.1, -0.05) is 7.43 Å². The monoisotopic (exact) mass is 1040 g/mol. The number of nitrogens with one attached hydrogen (secondary N) is 3. The van der Waals surface area contributed by atoms with Crippen molar-refractivity contribution in [1.29, 1.82) is 0 Å². The highest BCUT2D eigenvalue weighted by Gasteiger charge is 2.31. The van der Waals surface area contributed by atoms with E-state index >= 15 is 0 Å². The van der Waals surface area contributed by atoms with E-state index in [2.05, 4.69) is 35.9 Å². The molecular weight excluding hydrogens is 981 g/mol. The number of nitrogens with two attached hydrogens (primary N) is 2. The van der Waals surface area contributed by atoms with Crippen LogP contribution in [0.1, 0.15) is 92.6 Å². The average molecular weight is 1040 g/mol. The van der Waals surface area contributed by atoms with Crippen molar-refractivity contribution in [2.75, 3.05) is 67.8 Å². The Morgan fingerprint density at radius 1 is 0.746 bits per heavy atom. The van der Waals surface area contributed by atoms with Crippen LogP contribution < -0.4 is 36.9 Å². The topological polar surface area (TPSA) is 264 Å². The molecule has 0 spiro atoms. The second-order valence-electron chi connectivity index (χ2n) is 15.0. The second-order valence-corrected chi connectivity index (χ2v) is 21.5. The molecule has 2 fully saturated rings. The number of piperidine rings is 2. The van der Waals surface area contributed by atoms with Crippen LogP contribution in [0, 0.1) is 11.6 Å². The summed E-state index contributed by atoms with van der Waals surface area (Å²) in [5, 5.41) is 8.91. The molecule has 0 amide bonds. The Bertz CT molecular complexity index is 2480. The Labute approximate surface area is 405 Å². The van der Waals surface area contributed by atoms with Gasteiger partial charge < -0.3 is 36.9 Å². The van der Waals surface area contributed by atoms with Crippen LogP contribution in [0.25, 0.3) is 0 Å². The van der Waals surface area contributed by atoms with Crippen LogP contribution in [0.3, 0.4) is 0 Å². The summed E-state index contributed by atoms with van der Waals surface area (Å²) in [6.45, 7) is 9.07. The number of carbonyl (C=O) groups excluding carboxylic acids is 2. The fraction of sp³-hybridized carbons (Fsp3) is 0.476. The second kappa shape index (κ2) is 27.3. The summed E-state index contributed by atoms with van der Waals surface area (Å²) in [4.78, 5) is 42.1. The van der Waals surface area contributed by atoms with Gasteiger partial charge in [-0.2, -0.15) is 9.97 Å². The Kier molecular flexibility index (Phi) is 23.8. The molecule has 2 aromatic heterocycles. The van der Waals surface area contributed by atoms with E-state index in [4.69, 9.17) is 54.8 Å². The molecule has 4 heterocycles. The highest BCUT2D eigenvalue weighted by atomic mass is 35.7. The van der Waals surface area contributed by atoms with E-state index in [1.807, 2.05) is 0 Å². The van der Waals surface area contributed by atoms with Gasteiger partial charge in [0.05, 0.1) is 52.3 Å². The van der Waals surface area contributed by atoms with Gasteiger partial charge in [-0.25, -0.2) is 39.9 Å². The van der Waals surface area contributed by atoms with Crippen molar-refractivity contribution in [3.05, 3.63) is 82.7 Å². The first kappa shape index (κ1) is 58.4. The molecule has 0 atom stereocenters. The molecule has 25 heteroatoms. The predicted molar refractivity (Wildman–Crippen MR) is 261 cm³/mol. The summed E-state index contributed by atoms with van der Waals surface area (Å²) < 4.78 is 83.6. The van der Waals surface area contributed by atoms with Gasteiger partial charge in [0.1, 0.15) is 34.8 Å². The summed E-state index contributed by atoms with van der Waals surface area (Å²) in [5.74, 6) is -1.04. The van der Waals surface area contributed by atoms with E-state index in [1.54, 1.807) is 13.8 Å². The molecule has 0 saturated carbocycles. The number of methoxy groups -OCH3 is 2. The zero-order valence-electron chi connectivity index (χ0n) is 37.2. The van der Waals surface area contributed by atoms with Crippen LogP contribution in [0.2, 0.25) is 0 Å². The maximum atomic E-state index is 13.6. The van der Waals surface area contributed by atoms with Crippen molar-refractivity contribution in [2.45, 2.75) is 83.4 Å². The summed E-state index contributed by atoms with van der Waals surface area (Å²) in [7, 11) is 1.09. The third-order valence-electron chi connectivity index (χ3n) is 9.92. The molecule has 0 bridgehead atoms. The fourth-order valence-corrected chi connectivity index (χ4v) is 7.48. The lowest BCUT2D eigenvalue weighted by Crippen LogP contribution is -2.45. The van der Waals surface area contributed by atoms with Crippen molar-refractivity contribution in [1.82, 2.24) is 29.6 Å². The van der Waals surface area contributed by atoms with Crippen LogP contribution >= 0.6 is 33.9 Å². The van der Waals surface area contributed by atoms with E-state index < -0.39 is 52.8 Å². The summed E-state index contributed by atoms with van der Waals surface area (Å²) in [6, 6.07) is 7.61. The van der Waals surface area contributed by atoms with Crippen LogP contribution in [-0.2, 0) is 19.1 Å². The lowest BCUT2D eigenvalue weighted by Gasteiger charge is -2.32. The zero-order chi connectivity index (χ0) is 49.4. The van der Waals surface area contributed by atoms with Crippen LogP contribution in [-0.4, -0.2) is 121 Å². The third-order valence-corrected chi connectivity index (χ3v) is 14.4. The molecule has 18 nitrogen and oxygen atoms in total. The maximum absolute atomic E-state index is 13.6. The smallest absolute Gasteiger partial charge is 0.234 e. The highest BCUT2D eigenvalue weighted by molar-refractivity contribution is 8.14. The minimum absolute atomic E-state index is 0. The standard InChI is InChI=1S/C20H26FN5O4S.C17H20FN5O2.C3H7ClO2S.CH2Cl2.CH4/c1-12(2)31(28,29)26-8-6-14(7-9-26)24-20-23-11-16(19(22)25-20)18(27)15-10-13(21)4-5-17(15)30-3;1-25-14-3-2-10(18)8-12(14)15(24)13-9-21-17(23-16(13)19)22-11-4-6-20-7-5-11;1-3(2)7(4,5)6;2-1-3;/h4-5,10-12,14H,6-9H2,1-3H3,(H3,22,23,24,25);2-3,8-9,11,20H,4-7H2,1H3,(H3,19,21,22,23);3H,1-2H3;1H2;1H4. The number of benzene rings is 2. The number of halogens is 5. The first-order valence-electron chi connectivity index (χ1n) is 20.4. The van der Waals surface area contributed by atoms with Crippen molar-refractivity contribution < 1.29 is 44.7 Å². The molecule has 0 unspecified atom stereocenters. The van der Waals surface area contributed by atoms with Crippen molar-refractivity contribution in [2.24, 2.45) is 0 Å². The Hall–Kier alpha value is -4.71. The SMILES string of the molecule is C.CC(C)S(=O)(=O)Cl.COc1ccc(F)cc1C(=O)c1cnc(NC2CCN(S(=O)(=O)C(C)C)CC2)nc1N.COc1ccc(F)cc1C(=O)c1cnc(NC2CCNCC2)nc1N.ClCCl. The van der Waals surface area contributed by atoms with Gasteiger partial charge in [0.25, 0.3) is 0 Å². The van der Waals surface area contributed by atoms with Crippen molar-refractivity contribution in [3.63, 3.8) is 0 Å². The number of ether oxygens (including phenoxy) is 2. The molecule has 2 saturated heterocycles. The largest absolute Gasteiger partial charge is 0.496 e. The molecule has 372 valence electrons.